The fourth-order valence-corrected chi connectivity index (χ4v) is 3.10. The minimum Gasteiger partial charge on any atom is -0.385 e. The molecule has 0 aromatic heterocycles. The van der Waals surface area contributed by atoms with Crippen LogP contribution in [0.3, 0.4) is 0 Å². The van der Waals surface area contributed by atoms with E-state index in [9.17, 15) is 26.4 Å². The molecule has 0 fully saturated rings. The molecule has 11 heteroatoms. The predicted molar refractivity (Wildman–Crippen MR) is 109 cm³/mol. The average molecular weight is 460 g/mol. The lowest BCUT2D eigenvalue weighted by Crippen LogP contribution is -2.35. The third-order valence-corrected chi connectivity index (χ3v) is 4.57. The van der Waals surface area contributed by atoms with Crippen LogP contribution in [0, 0.1) is 0 Å². The topological polar surface area (TPSA) is 84.9 Å². The summed E-state index contributed by atoms with van der Waals surface area (Å²) in [5.41, 5.74) is 0.131. The highest BCUT2D eigenvalue weighted by Crippen LogP contribution is 2.29. The van der Waals surface area contributed by atoms with Crippen LogP contribution < -0.4 is 9.50 Å². The molecule has 170 valence electrons. The Morgan fingerprint density at radius 3 is 2.19 bits per heavy atom. The highest BCUT2D eigenvalue weighted by Gasteiger charge is 2.30. The molecule has 0 spiro atoms. The van der Waals surface area contributed by atoms with Crippen molar-refractivity contribution in [2.75, 3.05) is 31.8 Å². The van der Waals surface area contributed by atoms with Crippen LogP contribution in [0.15, 0.2) is 48.5 Å². The van der Waals surface area contributed by atoms with Crippen molar-refractivity contribution >= 4 is 21.8 Å². The second kappa shape index (κ2) is 10.5. The summed E-state index contributed by atoms with van der Waals surface area (Å²) < 4.78 is 70.3. The Labute approximate surface area is 178 Å². The number of ether oxygens (including phenoxy) is 1. The second-order valence-corrected chi connectivity index (χ2v) is 8.28. The normalized spacial score (nSPS) is 11.8. The van der Waals surface area contributed by atoms with Gasteiger partial charge < -0.3 is 19.1 Å². The summed E-state index contributed by atoms with van der Waals surface area (Å²) in [7, 11) is -2.11. The Hall–Kier alpha value is -2.79. The molecule has 31 heavy (non-hydrogen) atoms. The molecular weight excluding hydrogens is 437 g/mol. The number of rotatable bonds is 9. The Balaban J connectivity index is 2.09. The molecule has 0 unspecified atom stereocenters. The molecule has 2 rings (SSSR count). The summed E-state index contributed by atoms with van der Waals surface area (Å²) in [6.45, 7) is 0.947. The molecule has 2 amide bonds. The van der Waals surface area contributed by atoms with Gasteiger partial charge in [0.05, 0.1) is 11.8 Å². The molecule has 0 saturated carbocycles. The van der Waals surface area contributed by atoms with Crippen LogP contribution in [0.2, 0.25) is 0 Å². The quantitative estimate of drug-likeness (QED) is 0.450. The van der Waals surface area contributed by atoms with Gasteiger partial charge in [0, 0.05) is 32.5 Å². The summed E-state index contributed by atoms with van der Waals surface area (Å²) in [5.74, 6) is 0.145. The number of carbonyl (C=O) groups is 1. The van der Waals surface area contributed by atoms with Gasteiger partial charge in [-0.15, -0.1) is 0 Å². The predicted octanol–water partition coefficient (Wildman–Crippen LogP) is 4.11. The zero-order valence-corrected chi connectivity index (χ0v) is 17.8. The van der Waals surface area contributed by atoms with E-state index in [0.29, 0.717) is 25.1 Å². The number of methoxy groups -OCH3 is 1. The zero-order valence-electron chi connectivity index (χ0n) is 17.0. The minimum absolute atomic E-state index is 0.145. The molecule has 0 heterocycles. The third kappa shape index (κ3) is 8.46. The number of nitrogens with one attached hydrogen (secondary N) is 1. The van der Waals surface area contributed by atoms with Crippen LogP contribution in [0.5, 0.6) is 5.75 Å². The van der Waals surface area contributed by atoms with E-state index in [0.717, 1.165) is 18.4 Å². The van der Waals surface area contributed by atoms with Gasteiger partial charge in [-0.3, -0.25) is 0 Å². The van der Waals surface area contributed by atoms with Gasteiger partial charge in [0.2, 0.25) is 0 Å². The first-order valence-corrected chi connectivity index (χ1v) is 11.0. The van der Waals surface area contributed by atoms with E-state index in [4.69, 9.17) is 8.92 Å². The number of nitrogens with zero attached hydrogens (tertiary/aromatic N) is 1. The van der Waals surface area contributed by atoms with Crippen molar-refractivity contribution in [1.29, 1.82) is 0 Å². The first-order valence-electron chi connectivity index (χ1n) is 9.18. The van der Waals surface area contributed by atoms with Gasteiger partial charge in [-0.25, -0.2) is 4.79 Å². The van der Waals surface area contributed by atoms with E-state index in [1.165, 1.54) is 36.3 Å². The monoisotopic (exact) mass is 460 g/mol. The number of carbonyl (C=O) groups excluding carboxylic acids is 1. The van der Waals surface area contributed by atoms with Crippen molar-refractivity contribution in [1.82, 2.24) is 4.90 Å². The molecule has 1 N–H and O–H groups in total. The number of benzene rings is 2. The van der Waals surface area contributed by atoms with Crippen molar-refractivity contribution in [2.24, 2.45) is 0 Å². The maximum atomic E-state index is 12.7. The van der Waals surface area contributed by atoms with Gasteiger partial charge in [-0.1, -0.05) is 12.1 Å². The largest absolute Gasteiger partial charge is 0.416 e. The molecule has 2 aromatic rings. The van der Waals surface area contributed by atoms with Gasteiger partial charge in [0.15, 0.2) is 0 Å². The number of amides is 2. The molecule has 0 aliphatic carbocycles. The first-order chi connectivity index (χ1) is 14.5. The molecule has 2 aromatic carbocycles. The van der Waals surface area contributed by atoms with E-state index >= 15 is 0 Å². The number of hydrogen-bond acceptors (Lipinski definition) is 5. The van der Waals surface area contributed by atoms with Crippen molar-refractivity contribution in [3.63, 3.8) is 0 Å². The van der Waals surface area contributed by atoms with Gasteiger partial charge in [-0.2, -0.15) is 21.6 Å². The Morgan fingerprint density at radius 2 is 1.68 bits per heavy atom. The number of urea groups is 1. The van der Waals surface area contributed by atoms with Crippen molar-refractivity contribution in [3.05, 3.63) is 59.7 Å². The van der Waals surface area contributed by atoms with Gasteiger partial charge in [-0.05, 0) is 48.4 Å². The average Bonchev–Trinajstić information content (AvgIpc) is 2.67. The lowest BCUT2D eigenvalue weighted by atomic mass is 10.2. The van der Waals surface area contributed by atoms with Crippen molar-refractivity contribution < 1.29 is 35.3 Å². The SMILES string of the molecule is COCCCN(Cc1ccc(OS(C)(=O)=O)cc1)C(=O)Nc1ccc(C(F)(F)F)cc1. The standard InChI is InChI=1S/C20H23F3N2O5S/c1-29-13-3-12-25(14-15-4-10-18(11-5-15)30-31(2,27)28)19(26)24-17-8-6-16(7-9-17)20(21,22)23/h4-11H,3,12-14H2,1-2H3,(H,24,26). The van der Waals surface area contributed by atoms with Gasteiger partial charge >= 0.3 is 22.3 Å². The third-order valence-electron chi connectivity index (χ3n) is 4.07. The molecular formula is C20H23F3N2O5S. The van der Waals surface area contributed by atoms with Crippen LogP contribution in [-0.4, -0.2) is 45.9 Å². The number of hydrogen-bond donors (Lipinski definition) is 1. The van der Waals surface area contributed by atoms with Gasteiger partial charge in [0.25, 0.3) is 0 Å². The van der Waals surface area contributed by atoms with Crippen molar-refractivity contribution in [2.45, 2.75) is 19.1 Å². The molecule has 0 aliphatic rings. The Kier molecular flexibility index (Phi) is 8.28. The molecule has 7 nitrogen and oxygen atoms in total. The summed E-state index contributed by atoms with van der Waals surface area (Å²) >= 11 is 0. The maximum Gasteiger partial charge on any atom is 0.416 e. The number of anilines is 1. The number of alkyl halides is 3. The molecule has 0 radical (unpaired) electrons. The zero-order chi connectivity index (χ0) is 23.1. The maximum absolute atomic E-state index is 12.7. The molecule has 0 saturated heterocycles. The first kappa shape index (κ1) is 24.5. The smallest absolute Gasteiger partial charge is 0.385 e. The van der Waals surface area contributed by atoms with Crippen molar-refractivity contribution in [3.8, 4) is 5.75 Å². The van der Waals surface area contributed by atoms with E-state index in [1.807, 2.05) is 0 Å². The summed E-state index contributed by atoms with van der Waals surface area (Å²) in [6, 6.07) is 9.85. The van der Waals surface area contributed by atoms with Crippen LogP contribution in [-0.2, 0) is 27.6 Å². The highest BCUT2D eigenvalue weighted by atomic mass is 32.2. The fraction of sp³-hybridized carbons (Fsp3) is 0.350. The lowest BCUT2D eigenvalue weighted by molar-refractivity contribution is -0.137. The summed E-state index contributed by atoms with van der Waals surface area (Å²) in [5, 5.41) is 2.59. The van der Waals surface area contributed by atoms with Crippen LogP contribution in [0.1, 0.15) is 17.5 Å². The molecule has 0 atom stereocenters. The fourth-order valence-electron chi connectivity index (χ4n) is 2.64. The van der Waals surface area contributed by atoms with Crippen LogP contribution in [0.4, 0.5) is 23.7 Å². The second-order valence-electron chi connectivity index (χ2n) is 6.70. The van der Waals surface area contributed by atoms with Crippen LogP contribution >= 0.6 is 0 Å². The Bertz CT molecular complexity index is 962. The van der Waals surface area contributed by atoms with E-state index < -0.39 is 27.9 Å². The van der Waals surface area contributed by atoms with Crippen LogP contribution in [0.25, 0.3) is 0 Å². The van der Waals surface area contributed by atoms with E-state index in [1.54, 1.807) is 12.1 Å². The van der Waals surface area contributed by atoms with Gasteiger partial charge in [0.1, 0.15) is 5.75 Å². The Morgan fingerprint density at radius 1 is 1.06 bits per heavy atom. The van der Waals surface area contributed by atoms with E-state index in [-0.39, 0.29) is 18.0 Å². The highest BCUT2D eigenvalue weighted by molar-refractivity contribution is 7.86. The molecule has 0 bridgehead atoms. The molecule has 0 aliphatic heterocycles. The summed E-state index contributed by atoms with van der Waals surface area (Å²) in [4.78, 5) is 14.2. The lowest BCUT2D eigenvalue weighted by Gasteiger charge is -2.23. The summed E-state index contributed by atoms with van der Waals surface area (Å²) in [6.07, 6.45) is -2.97. The number of halogens is 3. The van der Waals surface area contributed by atoms with E-state index in [2.05, 4.69) is 5.32 Å². The minimum atomic E-state index is -4.46.